The fourth-order valence-corrected chi connectivity index (χ4v) is 1.35. The highest BCUT2D eigenvalue weighted by molar-refractivity contribution is 5.35. The second-order valence-corrected chi connectivity index (χ2v) is 2.88. The molecule has 2 nitrogen and oxygen atoms in total. The quantitative estimate of drug-likeness (QED) is 0.661. The van der Waals surface area contributed by atoms with Gasteiger partial charge in [0.05, 0.1) is 0 Å². The molecule has 1 aromatic rings. The first-order chi connectivity index (χ1) is 6.36. The van der Waals surface area contributed by atoms with E-state index < -0.39 is 0 Å². The molecule has 0 amide bonds. The van der Waals surface area contributed by atoms with Gasteiger partial charge in [-0.3, -0.25) is 0 Å². The molecule has 0 saturated carbocycles. The molecule has 0 bridgehead atoms. The number of hydrogen-bond donors (Lipinski definition) is 1. The van der Waals surface area contributed by atoms with Crippen LogP contribution < -0.4 is 10.5 Å². The van der Waals surface area contributed by atoms with E-state index in [1.54, 1.807) is 0 Å². The van der Waals surface area contributed by atoms with Gasteiger partial charge in [-0.15, -0.1) is 0 Å². The molecule has 0 radical (unpaired) electrons. The fourth-order valence-electron chi connectivity index (χ4n) is 1.35. The smallest absolute Gasteiger partial charge is 0.122 e. The Balaban J connectivity index is 0.000000396. The van der Waals surface area contributed by atoms with Crippen molar-refractivity contribution in [2.75, 3.05) is 6.61 Å². The monoisotopic (exact) mass is 179 g/mol. The van der Waals surface area contributed by atoms with Crippen molar-refractivity contribution in [3.8, 4) is 5.75 Å². The van der Waals surface area contributed by atoms with Crippen molar-refractivity contribution in [3.05, 3.63) is 29.8 Å². The van der Waals surface area contributed by atoms with Gasteiger partial charge in [-0.25, -0.2) is 0 Å². The van der Waals surface area contributed by atoms with Crippen LogP contribution in [0.25, 0.3) is 0 Å². The van der Waals surface area contributed by atoms with Gasteiger partial charge in [0.1, 0.15) is 12.4 Å². The second-order valence-electron chi connectivity index (χ2n) is 2.88. The molecular formula is C11H17NO. The largest absolute Gasteiger partial charge is 0.492 e. The summed E-state index contributed by atoms with van der Waals surface area (Å²) in [6, 6.07) is 8.22. The Morgan fingerprint density at radius 2 is 2.00 bits per heavy atom. The van der Waals surface area contributed by atoms with Crippen LogP contribution in [0.3, 0.4) is 0 Å². The third-order valence-corrected chi connectivity index (χ3v) is 1.91. The molecule has 0 fully saturated rings. The van der Waals surface area contributed by atoms with Crippen molar-refractivity contribution in [1.29, 1.82) is 0 Å². The summed E-state index contributed by atoms with van der Waals surface area (Å²) in [6.07, 6.45) is 0.941. The minimum Gasteiger partial charge on any atom is -0.492 e. The molecule has 0 spiro atoms. The number of hydrogen-bond acceptors (Lipinski definition) is 2. The first kappa shape index (κ1) is 10.1. The van der Waals surface area contributed by atoms with Crippen molar-refractivity contribution < 1.29 is 4.74 Å². The van der Waals surface area contributed by atoms with Crippen LogP contribution in [0.2, 0.25) is 0 Å². The molecule has 13 heavy (non-hydrogen) atoms. The van der Waals surface area contributed by atoms with Crippen molar-refractivity contribution in [2.45, 2.75) is 26.3 Å². The number of ether oxygens (including phenoxy) is 1. The van der Waals surface area contributed by atoms with Crippen LogP contribution in [0.1, 0.15) is 19.4 Å². The molecule has 0 aliphatic carbocycles. The molecule has 1 heterocycles. The van der Waals surface area contributed by atoms with Gasteiger partial charge in [-0.05, 0) is 18.1 Å². The first-order valence-corrected chi connectivity index (χ1v) is 4.82. The molecule has 1 aromatic carbocycles. The lowest BCUT2D eigenvalue weighted by Gasteiger charge is -2.21. The van der Waals surface area contributed by atoms with Gasteiger partial charge in [0.2, 0.25) is 0 Å². The third kappa shape index (κ3) is 2.46. The van der Waals surface area contributed by atoms with Gasteiger partial charge < -0.3 is 10.5 Å². The van der Waals surface area contributed by atoms with Gasteiger partial charge in [-0.2, -0.15) is 0 Å². The summed E-state index contributed by atoms with van der Waals surface area (Å²) in [5.41, 5.74) is 6.95. The van der Waals surface area contributed by atoms with Crippen LogP contribution in [0.5, 0.6) is 5.75 Å². The standard InChI is InChI=1S/C9H11NO.C2H6/c10-8-5-7-3-1-2-4-9(7)11-6-8;1-2/h1-4,8H,5-6,10H2;1-2H3. The number of benzene rings is 1. The molecule has 2 rings (SSSR count). The highest BCUT2D eigenvalue weighted by Gasteiger charge is 2.14. The molecule has 1 aliphatic heterocycles. The Morgan fingerprint density at radius 3 is 2.77 bits per heavy atom. The summed E-state index contributed by atoms with van der Waals surface area (Å²) in [4.78, 5) is 0. The average molecular weight is 179 g/mol. The zero-order chi connectivity index (χ0) is 9.68. The Kier molecular flexibility index (Phi) is 3.77. The Bertz CT molecular complexity index is 260. The average Bonchev–Trinajstić information content (AvgIpc) is 2.21. The van der Waals surface area contributed by atoms with Crippen molar-refractivity contribution in [1.82, 2.24) is 0 Å². The Morgan fingerprint density at radius 1 is 1.31 bits per heavy atom. The van der Waals surface area contributed by atoms with E-state index >= 15 is 0 Å². The Hall–Kier alpha value is -1.02. The van der Waals surface area contributed by atoms with Gasteiger partial charge in [0.15, 0.2) is 0 Å². The molecular weight excluding hydrogens is 162 g/mol. The van der Waals surface area contributed by atoms with Crippen LogP contribution in [0, 0.1) is 0 Å². The van der Waals surface area contributed by atoms with Crippen LogP contribution in [-0.4, -0.2) is 12.6 Å². The predicted molar refractivity (Wildman–Crippen MR) is 55.0 cm³/mol. The highest BCUT2D eigenvalue weighted by Crippen LogP contribution is 2.22. The number of fused-ring (bicyclic) bond motifs is 1. The van der Waals surface area contributed by atoms with Crippen molar-refractivity contribution in [2.24, 2.45) is 5.73 Å². The highest BCUT2D eigenvalue weighted by atomic mass is 16.5. The summed E-state index contributed by atoms with van der Waals surface area (Å²) in [5.74, 6) is 0.995. The number of para-hydroxylation sites is 1. The molecule has 72 valence electrons. The van der Waals surface area contributed by atoms with E-state index in [2.05, 4.69) is 6.07 Å². The van der Waals surface area contributed by atoms with E-state index in [-0.39, 0.29) is 6.04 Å². The van der Waals surface area contributed by atoms with Crippen LogP contribution >= 0.6 is 0 Å². The molecule has 0 saturated heterocycles. The van der Waals surface area contributed by atoms with E-state index in [1.165, 1.54) is 5.56 Å². The van der Waals surface area contributed by atoms with Crippen LogP contribution in [0.15, 0.2) is 24.3 Å². The minimum absolute atomic E-state index is 0.171. The normalized spacial score (nSPS) is 19.2. The van der Waals surface area contributed by atoms with Crippen molar-refractivity contribution >= 4 is 0 Å². The lowest BCUT2D eigenvalue weighted by Crippen LogP contribution is -2.33. The zero-order valence-corrected chi connectivity index (χ0v) is 8.29. The van der Waals surface area contributed by atoms with Crippen LogP contribution in [0.4, 0.5) is 0 Å². The van der Waals surface area contributed by atoms with Crippen molar-refractivity contribution in [3.63, 3.8) is 0 Å². The molecule has 1 unspecified atom stereocenters. The maximum Gasteiger partial charge on any atom is 0.122 e. The van der Waals surface area contributed by atoms with Gasteiger partial charge in [0, 0.05) is 6.04 Å². The summed E-state index contributed by atoms with van der Waals surface area (Å²) in [5, 5.41) is 0. The summed E-state index contributed by atoms with van der Waals surface area (Å²) in [6.45, 7) is 4.65. The predicted octanol–water partition coefficient (Wildman–Crippen LogP) is 1.97. The van der Waals surface area contributed by atoms with E-state index in [1.807, 2.05) is 32.0 Å². The topological polar surface area (TPSA) is 35.2 Å². The summed E-state index contributed by atoms with van der Waals surface area (Å²) in [7, 11) is 0. The lowest BCUT2D eigenvalue weighted by molar-refractivity contribution is 0.263. The number of rotatable bonds is 0. The molecule has 0 aromatic heterocycles. The zero-order valence-electron chi connectivity index (χ0n) is 8.29. The number of nitrogens with two attached hydrogens (primary N) is 1. The maximum atomic E-state index is 5.72. The van der Waals surface area contributed by atoms with E-state index in [4.69, 9.17) is 10.5 Å². The fraction of sp³-hybridized carbons (Fsp3) is 0.455. The molecule has 1 aliphatic rings. The van der Waals surface area contributed by atoms with Gasteiger partial charge in [-0.1, -0.05) is 32.0 Å². The van der Waals surface area contributed by atoms with Gasteiger partial charge in [0.25, 0.3) is 0 Å². The molecule has 2 heteroatoms. The summed E-state index contributed by atoms with van der Waals surface area (Å²) < 4.78 is 5.41. The van der Waals surface area contributed by atoms with Gasteiger partial charge >= 0.3 is 0 Å². The van der Waals surface area contributed by atoms with Crippen LogP contribution in [-0.2, 0) is 6.42 Å². The SMILES string of the molecule is CC.NC1COc2ccccc2C1. The van der Waals surface area contributed by atoms with E-state index in [0.29, 0.717) is 6.61 Å². The molecule has 1 atom stereocenters. The maximum absolute atomic E-state index is 5.72. The van der Waals surface area contributed by atoms with E-state index in [9.17, 15) is 0 Å². The lowest BCUT2D eigenvalue weighted by atomic mass is 10.0. The molecule has 2 N–H and O–H groups in total. The summed E-state index contributed by atoms with van der Waals surface area (Å²) >= 11 is 0. The van der Waals surface area contributed by atoms with E-state index in [0.717, 1.165) is 12.2 Å². The first-order valence-electron chi connectivity index (χ1n) is 4.82. The Labute approximate surface area is 79.7 Å². The minimum atomic E-state index is 0.171. The second kappa shape index (κ2) is 4.87. The third-order valence-electron chi connectivity index (χ3n) is 1.91.